The zero-order valence-electron chi connectivity index (χ0n) is 11.4. The molecular formula is C16H22O3. The molecule has 0 aliphatic heterocycles. The van der Waals surface area contributed by atoms with E-state index in [1.165, 1.54) is 0 Å². The van der Waals surface area contributed by atoms with E-state index < -0.39 is 6.10 Å². The molecule has 3 nitrogen and oxygen atoms in total. The van der Waals surface area contributed by atoms with E-state index in [1.54, 1.807) is 0 Å². The van der Waals surface area contributed by atoms with Gasteiger partial charge in [-0.25, -0.2) is 0 Å². The summed E-state index contributed by atoms with van der Waals surface area (Å²) in [5.74, 6) is 0.565. The summed E-state index contributed by atoms with van der Waals surface area (Å²) in [6.45, 7) is 2.06. The number of carbonyl (C=O) groups excluding carboxylic acids is 1. The number of hydrogen-bond donors (Lipinski definition) is 1. The Morgan fingerprint density at radius 1 is 1.26 bits per heavy atom. The second-order valence-corrected chi connectivity index (χ2v) is 5.48. The molecule has 0 spiro atoms. The molecule has 0 saturated heterocycles. The maximum atomic E-state index is 12.1. The van der Waals surface area contributed by atoms with E-state index in [1.807, 2.05) is 30.3 Å². The molecule has 2 rings (SSSR count). The lowest BCUT2D eigenvalue weighted by molar-refractivity contribution is -0.158. The largest absolute Gasteiger partial charge is 0.455 e. The van der Waals surface area contributed by atoms with Crippen LogP contribution in [0.4, 0.5) is 0 Å². The number of benzene rings is 1. The molecule has 1 aliphatic carbocycles. The molecule has 1 atom stereocenters. The van der Waals surface area contributed by atoms with Crippen molar-refractivity contribution in [3.8, 4) is 0 Å². The second kappa shape index (κ2) is 6.71. The average Bonchev–Trinajstić information content (AvgIpc) is 2.46. The first kappa shape index (κ1) is 14.1. The Morgan fingerprint density at radius 2 is 1.89 bits per heavy atom. The van der Waals surface area contributed by atoms with E-state index >= 15 is 0 Å². The van der Waals surface area contributed by atoms with Gasteiger partial charge < -0.3 is 9.84 Å². The van der Waals surface area contributed by atoms with Gasteiger partial charge in [-0.3, -0.25) is 4.79 Å². The van der Waals surface area contributed by atoms with Gasteiger partial charge in [-0.05, 0) is 37.2 Å². The number of esters is 1. The van der Waals surface area contributed by atoms with E-state index in [2.05, 4.69) is 6.92 Å². The molecule has 0 amide bonds. The smallest absolute Gasteiger partial charge is 0.309 e. The van der Waals surface area contributed by atoms with Gasteiger partial charge in [0.15, 0.2) is 0 Å². The molecule has 1 unspecified atom stereocenters. The maximum Gasteiger partial charge on any atom is 0.309 e. The highest BCUT2D eigenvalue weighted by Gasteiger charge is 2.27. The Labute approximate surface area is 114 Å². The number of hydrogen-bond acceptors (Lipinski definition) is 3. The lowest BCUT2D eigenvalue weighted by atomic mass is 9.83. The molecule has 1 fully saturated rings. The highest BCUT2D eigenvalue weighted by molar-refractivity contribution is 5.72. The van der Waals surface area contributed by atoms with Crippen molar-refractivity contribution in [1.82, 2.24) is 0 Å². The molecule has 19 heavy (non-hydrogen) atoms. The molecule has 1 N–H and O–H groups in total. The highest BCUT2D eigenvalue weighted by Crippen LogP contribution is 2.30. The van der Waals surface area contributed by atoms with Gasteiger partial charge in [-0.2, -0.15) is 0 Å². The van der Waals surface area contributed by atoms with Gasteiger partial charge in [-0.15, -0.1) is 0 Å². The summed E-state index contributed by atoms with van der Waals surface area (Å²) in [5, 5.41) is 9.39. The molecule has 0 bridgehead atoms. The van der Waals surface area contributed by atoms with Crippen LogP contribution in [-0.2, 0) is 9.53 Å². The van der Waals surface area contributed by atoms with Crippen molar-refractivity contribution in [3.05, 3.63) is 35.9 Å². The van der Waals surface area contributed by atoms with Crippen molar-refractivity contribution >= 4 is 5.97 Å². The molecule has 1 aliphatic rings. The molecule has 3 heteroatoms. The van der Waals surface area contributed by atoms with Gasteiger partial charge in [0.05, 0.1) is 12.5 Å². The molecule has 0 heterocycles. The van der Waals surface area contributed by atoms with Crippen molar-refractivity contribution in [2.24, 2.45) is 11.8 Å². The fraction of sp³-hybridized carbons (Fsp3) is 0.562. The van der Waals surface area contributed by atoms with Gasteiger partial charge >= 0.3 is 5.97 Å². The van der Waals surface area contributed by atoms with Crippen LogP contribution >= 0.6 is 0 Å². The van der Waals surface area contributed by atoms with E-state index in [0.717, 1.165) is 31.2 Å². The van der Waals surface area contributed by atoms with E-state index in [9.17, 15) is 9.90 Å². The number of carbonyl (C=O) groups is 1. The third-order valence-electron chi connectivity index (χ3n) is 3.94. The quantitative estimate of drug-likeness (QED) is 0.848. The topological polar surface area (TPSA) is 46.5 Å². The summed E-state index contributed by atoms with van der Waals surface area (Å²) in [5.41, 5.74) is 0.850. The third kappa shape index (κ3) is 3.80. The molecular weight excluding hydrogens is 240 g/mol. The van der Waals surface area contributed by atoms with Crippen LogP contribution in [0.2, 0.25) is 0 Å². The van der Waals surface area contributed by atoms with Crippen molar-refractivity contribution in [2.45, 2.75) is 38.7 Å². The Kier molecular flexibility index (Phi) is 4.97. The summed E-state index contributed by atoms with van der Waals surface area (Å²) in [6, 6.07) is 9.42. The first-order valence-electron chi connectivity index (χ1n) is 7.07. The minimum atomic E-state index is -0.534. The van der Waals surface area contributed by atoms with Crippen LogP contribution in [0.3, 0.4) is 0 Å². The SMILES string of the molecule is CC1CCC(C(=O)OC(CO)c2ccccc2)CC1. The van der Waals surface area contributed by atoms with Gasteiger partial charge in [-0.1, -0.05) is 37.3 Å². The fourth-order valence-corrected chi connectivity index (χ4v) is 2.61. The standard InChI is InChI=1S/C16H22O3/c1-12-7-9-14(10-8-12)16(18)19-15(11-17)13-5-3-2-4-6-13/h2-6,12,14-15,17H,7-11H2,1H3. The van der Waals surface area contributed by atoms with Crippen molar-refractivity contribution in [2.75, 3.05) is 6.61 Å². The van der Waals surface area contributed by atoms with Crippen molar-refractivity contribution < 1.29 is 14.6 Å². The first-order valence-corrected chi connectivity index (χ1v) is 7.07. The maximum absolute atomic E-state index is 12.1. The van der Waals surface area contributed by atoms with Crippen LogP contribution in [-0.4, -0.2) is 17.7 Å². The summed E-state index contributed by atoms with van der Waals surface area (Å²) in [4.78, 5) is 12.1. The van der Waals surface area contributed by atoms with Gasteiger partial charge in [0.25, 0.3) is 0 Å². The van der Waals surface area contributed by atoms with Crippen LogP contribution in [0.15, 0.2) is 30.3 Å². The van der Waals surface area contributed by atoms with Crippen LogP contribution < -0.4 is 0 Å². The van der Waals surface area contributed by atoms with Crippen LogP contribution in [0, 0.1) is 11.8 Å². The molecule has 104 valence electrons. The lowest BCUT2D eigenvalue weighted by Gasteiger charge is -2.26. The molecule has 1 saturated carbocycles. The highest BCUT2D eigenvalue weighted by atomic mass is 16.6. The lowest BCUT2D eigenvalue weighted by Crippen LogP contribution is -2.25. The molecule has 1 aromatic rings. The zero-order valence-corrected chi connectivity index (χ0v) is 11.4. The van der Waals surface area contributed by atoms with Crippen LogP contribution in [0.5, 0.6) is 0 Å². The summed E-state index contributed by atoms with van der Waals surface area (Å²) < 4.78 is 5.47. The normalized spacial score (nSPS) is 24.7. The molecule has 0 radical (unpaired) electrons. The Hall–Kier alpha value is -1.35. The minimum Gasteiger partial charge on any atom is -0.455 e. The monoisotopic (exact) mass is 262 g/mol. The molecule has 0 aromatic heterocycles. The number of aliphatic hydroxyl groups excluding tert-OH is 1. The Morgan fingerprint density at radius 3 is 2.47 bits per heavy atom. The van der Waals surface area contributed by atoms with Crippen molar-refractivity contribution in [1.29, 1.82) is 0 Å². The van der Waals surface area contributed by atoms with E-state index in [0.29, 0.717) is 5.92 Å². The number of ether oxygens (including phenoxy) is 1. The molecule has 1 aromatic carbocycles. The van der Waals surface area contributed by atoms with E-state index in [4.69, 9.17) is 4.74 Å². The number of rotatable bonds is 4. The first-order chi connectivity index (χ1) is 9.20. The van der Waals surface area contributed by atoms with Crippen molar-refractivity contribution in [3.63, 3.8) is 0 Å². The Balaban J connectivity index is 1.93. The van der Waals surface area contributed by atoms with Crippen LogP contribution in [0.1, 0.15) is 44.3 Å². The van der Waals surface area contributed by atoms with Gasteiger partial charge in [0.1, 0.15) is 6.10 Å². The summed E-state index contributed by atoms with van der Waals surface area (Å²) in [7, 11) is 0. The predicted molar refractivity (Wildman–Crippen MR) is 73.5 cm³/mol. The summed E-state index contributed by atoms with van der Waals surface area (Å²) in [6.07, 6.45) is 3.47. The minimum absolute atomic E-state index is 0.00830. The van der Waals surface area contributed by atoms with Gasteiger partial charge in [0, 0.05) is 0 Å². The van der Waals surface area contributed by atoms with E-state index in [-0.39, 0.29) is 18.5 Å². The second-order valence-electron chi connectivity index (χ2n) is 5.48. The zero-order chi connectivity index (χ0) is 13.7. The van der Waals surface area contributed by atoms with Gasteiger partial charge in [0.2, 0.25) is 0 Å². The predicted octanol–water partition coefficient (Wildman–Crippen LogP) is 3.09. The third-order valence-corrected chi connectivity index (χ3v) is 3.94. The van der Waals surface area contributed by atoms with Crippen LogP contribution in [0.25, 0.3) is 0 Å². The number of aliphatic hydroxyl groups is 1. The summed E-state index contributed by atoms with van der Waals surface area (Å²) >= 11 is 0. The Bertz CT molecular complexity index is 394. The average molecular weight is 262 g/mol. The fourth-order valence-electron chi connectivity index (χ4n) is 2.61.